The van der Waals surface area contributed by atoms with Gasteiger partial charge in [-0.25, -0.2) is 0 Å². The predicted octanol–water partition coefficient (Wildman–Crippen LogP) is 2.69. The summed E-state index contributed by atoms with van der Waals surface area (Å²) in [4.78, 5) is 6.89. The third-order valence-electron chi connectivity index (χ3n) is 4.24. The van der Waals surface area contributed by atoms with Gasteiger partial charge in [0.1, 0.15) is 0 Å². The Hall–Kier alpha value is -1.71. The summed E-state index contributed by atoms with van der Waals surface area (Å²) < 4.78 is 0. The molecule has 21 heavy (non-hydrogen) atoms. The fourth-order valence-electron chi connectivity index (χ4n) is 3.20. The third-order valence-corrected chi connectivity index (χ3v) is 4.24. The predicted molar refractivity (Wildman–Crippen MR) is 86.4 cm³/mol. The number of piperazine rings is 1. The molecule has 1 saturated heterocycles. The summed E-state index contributed by atoms with van der Waals surface area (Å²) in [6.45, 7) is 8.64. The molecule has 1 aromatic carbocycles. The fourth-order valence-corrected chi connectivity index (χ4v) is 3.20. The van der Waals surface area contributed by atoms with Gasteiger partial charge < -0.3 is 5.32 Å². The van der Waals surface area contributed by atoms with Crippen LogP contribution in [0.3, 0.4) is 0 Å². The Bertz CT molecular complexity index is 589. The zero-order valence-electron chi connectivity index (χ0n) is 12.8. The van der Waals surface area contributed by atoms with Gasteiger partial charge in [-0.05, 0) is 36.6 Å². The molecule has 2 aromatic rings. The van der Waals surface area contributed by atoms with Crippen LogP contribution in [0.5, 0.6) is 0 Å². The van der Waals surface area contributed by atoms with E-state index in [0.717, 1.165) is 26.2 Å². The van der Waals surface area contributed by atoms with Crippen LogP contribution in [0.2, 0.25) is 0 Å². The van der Waals surface area contributed by atoms with Gasteiger partial charge in [0.2, 0.25) is 0 Å². The van der Waals surface area contributed by atoms with Crippen LogP contribution < -0.4 is 5.32 Å². The summed E-state index contributed by atoms with van der Waals surface area (Å²) in [5.41, 5.74) is 5.37. The fraction of sp³-hybridized carbons (Fsp3) is 0.389. The van der Waals surface area contributed by atoms with Crippen LogP contribution in [0, 0.1) is 13.8 Å². The van der Waals surface area contributed by atoms with Crippen LogP contribution >= 0.6 is 0 Å². The highest BCUT2D eigenvalue weighted by atomic mass is 15.2. The molecule has 0 saturated carbocycles. The highest BCUT2D eigenvalue weighted by molar-refractivity contribution is 5.38. The first-order valence-electron chi connectivity index (χ1n) is 7.67. The van der Waals surface area contributed by atoms with Gasteiger partial charge in [0.05, 0.1) is 6.04 Å². The van der Waals surface area contributed by atoms with Crippen molar-refractivity contribution in [3.8, 4) is 0 Å². The molecule has 1 aliphatic heterocycles. The van der Waals surface area contributed by atoms with Crippen molar-refractivity contribution in [2.24, 2.45) is 0 Å². The van der Waals surface area contributed by atoms with Gasteiger partial charge in [-0.2, -0.15) is 0 Å². The van der Waals surface area contributed by atoms with Crippen molar-refractivity contribution in [3.63, 3.8) is 0 Å². The second-order valence-electron chi connectivity index (χ2n) is 5.83. The largest absolute Gasteiger partial charge is 0.314 e. The van der Waals surface area contributed by atoms with Gasteiger partial charge in [0.15, 0.2) is 0 Å². The van der Waals surface area contributed by atoms with Gasteiger partial charge in [0, 0.05) is 38.6 Å². The average molecular weight is 281 g/mol. The Kier molecular flexibility index (Phi) is 4.32. The normalized spacial score (nSPS) is 17.6. The van der Waals surface area contributed by atoms with Gasteiger partial charge in [-0.15, -0.1) is 0 Å². The molecule has 0 amide bonds. The van der Waals surface area contributed by atoms with Gasteiger partial charge >= 0.3 is 0 Å². The number of hydrogen-bond acceptors (Lipinski definition) is 3. The minimum Gasteiger partial charge on any atom is -0.314 e. The van der Waals surface area contributed by atoms with Gasteiger partial charge in [-0.1, -0.05) is 29.8 Å². The van der Waals surface area contributed by atoms with Crippen molar-refractivity contribution in [3.05, 3.63) is 65.0 Å². The molecule has 1 fully saturated rings. The SMILES string of the molecule is Cc1ccc(C(c2cccnc2)N2CCNCC2)c(C)c1. The lowest BCUT2D eigenvalue weighted by Gasteiger charge is -2.36. The number of benzene rings is 1. The van der Waals surface area contributed by atoms with E-state index < -0.39 is 0 Å². The van der Waals surface area contributed by atoms with Crippen molar-refractivity contribution >= 4 is 0 Å². The smallest absolute Gasteiger partial charge is 0.0620 e. The highest BCUT2D eigenvalue weighted by Crippen LogP contribution is 2.31. The number of aryl methyl sites for hydroxylation is 2. The number of rotatable bonds is 3. The average Bonchev–Trinajstić information content (AvgIpc) is 2.52. The lowest BCUT2D eigenvalue weighted by atomic mass is 9.93. The molecule has 2 heterocycles. The van der Waals surface area contributed by atoms with Crippen LogP contribution in [0.1, 0.15) is 28.3 Å². The third kappa shape index (κ3) is 3.14. The topological polar surface area (TPSA) is 28.2 Å². The molecule has 3 rings (SSSR count). The Labute approximate surface area is 127 Å². The Balaban J connectivity index is 2.02. The maximum atomic E-state index is 4.33. The number of nitrogens with zero attached hydrogens (tertiary/aromatic N) is 2. The standard InChI is InChI=1S/C18H23N3/c1-14-5-6-17(15(2)12-14)18(16-4-3-7-20-13-16)21-10-8-19-9-11-21/h3-7,12-13,18-19H,8-11H2,1-2H3. The Morgan fingerprint density at radius 2 is 1.95 bits per heavy atom. The van der Waals surface area contributed by atoms with Crippen molar-refractivity contribution in [2.45, 2.75) is 19.9 Å². The second-order valence-corrected chi connectivity index (χ2v) is 5.83. The summed E-state index contributed by atoms with van der Waals surface area (Å²) in [6.07, 6.45) is 3.85. The first kappa shape index (κ1) is 14.2. The van der Waals surface area contributed by atoms with Crippen molar-refractivity contribution in [1.82, 2.24) is 15.2 Å². The lowest BCUT2D eigenvalue weighted by molar-refractivity contribution is 0.197. The zero-order chi connectivity index (χ0) is 14.7. The second kappa shape index (κ2) is 6.37. The van der Waals surface area contributed by atoms with E-state index in [-0.39, 0.29) is 0 Å². The molecule has 1 aliphatic rings. The number of hydrogen-bond donors (Lipinski definition) is 1. The summed E-state index contributed by atoms with van der Waals surface area (Å²) in [5.74, 6) is 0. The van der Waals surface area contributed by atoms with Crippen molar-refractivity contribution in [2.75, 3.05) is 26.2 Å². The van der Waals surface area contributed by atoms with E-state index in [0.29, 0.717) is 6.04 Å². The molecule has 3 nitrogen and oxygen atoms in total. The van der Waals surface area contributed by atoms with Crippen LogP contribution in [0.15, 0.2) is 42.7 Å². The maximum Gasteiger partial charge on any atom is 0.0620 e. The Morgan fingerprint density at radius 3 is 2.62 bits per heavy atom. The van der Waals surface area contributed by atoms with Crippen LogP contribution in [0.4, 0.5) is 0 Å². The maximum absolute atomic E-state index is 4.33. The van der Waals surface area contributed by atoms with Crippen molar-refractivity contribution in [1.29, 1.82) is 0 Å². The lowest BCUT2D eigenvalue weighted by Crippen LogP contribution is -2.45. The van der Waals surface area contributed by atoms with Gasteiger partial charge in [-0.3, -0.25) is 9.88 Å². The molecule has 1 atom stereocenters. The van der Waals surface area contributed by atoms with E-state index in [2.05, 4.69) is 53.3 Å². The summed E-state index contributed by atoms with van der Waals surface area (Å²) >= 11 is 0. The van der Waals surface area contributed by atoms with E-state index in [4.69, 9.17) is 0 Å². The van der Waals surface area contributed by atoms with Crippen LogP contribution in [0.25, 0.3) is 0 Å². The molecule has 0 spiro atoms. The zero-order valence-corrected chi connectivity index (χ0v) is 12.8. The van der Waals surface area contributed by atoms with E-state index >= 15 is 0 Å². The first-order valence-corrected chi connectivity index (χ1v) is 7.67. The van der Waals surface area contributed by atoms with E-state index in [9.17, 15) is 0 Å². The number of nitrogens with one attached hydrogen (secondary N) is 1. The van der Waals surface area contributed by atoms with E-state index in [1.807, 2.05) is 18.5 Å². The van der Waals surface area contributed by atoms with E-state index in [1.54, 1.807) is 0 Å². The summed E-state index contributed by atoms with van der Waals surface area (Å²) in [5, 5.41) is 3.44. The molecule has 1 aromatic heterocycles. The summed E-state index contributed by atoms with van der Waals surface area (Å²) in [7, 11) is 0. The molecule has 0 aliphatic carbocycles. The molecular weight excluding hydrogens is 258 g/mol. The van der Waals surface area contributed by atoms with Gasteiger partial charge in [0.25, 0.3) is 0 Å². The minimum absolute atomic E-state index is 0.307. The highest BCUT2D eigenvalue weighted by Gasteiger charge is 2.25. The molecule has 3 heteroatoms. The van der Waals surface area contributed by atoms with Crippen molar-refractivity contribution < 1.29 is 0 Å². The monoisotopic (exact) mass is 281 g/mol. The molecule has 1 N–H and O–H groups in total. The van der Waals surface area contributed by atoms with Crippen LogP contribution in [-0.4, -0.2) is 36.1 Å². The molecule has 0 radical (unpaired) electrons. The molecule has 0 bridgehead atoms. The minimum atomic E-state index is 0.307. The molecular formula is C18H23N3. The Morgan fingerprint density at radius 1 is 1.14 bits per heavy atom. The quantitative estimate of drug-likeness (QED) is 0.937. The van der Waals surface area contributed by atoms with Crippen LogP contribution in [-0.2, 0) is 0 Å². The van der Waals surface area contributed by atoms with E-state index in [1.165, 1.54) is 22.3 Å². The molecule has 1 unspecified atom stereocenters. The number of aromatic nitrogens is 1. The first-order chi connectivity index (χ1) is 10.3. The molecule has 110 valence electrons. The summed E-state index contributed by atoms with van der Waals surface area (Å²) in [6, 6.07) is 11.3. The number of pyridine rings is 1.